The summed E-state index contributed by atoms with van der Waals surface area (Å²) in [4.78, 5) is 2.61. The van der Waals surface area contributed by atoms with Gasteiger partial charge in [0, 0.05) is 24.2 Å². The molecule has 0 spiro atoms. The Morgan fingerprint density at radius 3 is 2.50 bits per heavy atom. The molecule has 3 heteroatoms. The van der Waals surface area contributed by atoms with E-state index in [1.807, 2.05) is 0 Å². The predicted octanol–water partition coefficient (Wildman–Crippen LogP) is 2.25. The van der Waals surface area contributed by atoms with Crippen molar-refractivity contribution in [1.29, 1.82) is 0 Å². The van der Waals surface area contributed by atoms with Crippen LogP contribution in [0, 0.1) is 5.92 Å². The normalized spacial score (nSPS) is 25.0. The van der Waals surface area contributed by atoms with Crippen molar-refractivity contribution in [3.8, 4) is 0 Å². The summed E-state index contributed by atoms with van der Waals surface area (Å²) in [7, 11) is 0. The summed E-state index contributed by atoms with van der Waals surface area (Å²) in [5.41, 5.74) is -0.141. The smallest absolute Gasteiger partial charge is 0.0611 e. The van der Waals surface area contributed by atoms with Crippen molar-refractivity contribution >= 4 is 0 Å². The fourth-order valence-electron chi connectivity index (χ4n) is 3.17. The van der Waals surface area contributed by atoms with Crippen LogP contribution in [-0.2, 0) is 0 Å². The Labute approximate surface area is 113 Å². The highest BCUT2D eigenvalue weighted by Crippen LogP contribution is 2.25. The molecule has 1 heterocycles. The van der Waals surface area contributed by atoms with E-state index in [9.17, 15) is 5.11 Å². The van der Waals surface area contributed by atoms with E-state index >= 15 is 0 Å². The molecule has 2 N–H and O–H groups in total. The first-order valence-electron chi connectivity index (χ1n) is 7.50. The van der Waals surface area contributed by atoms with Crippen LogP contribution in [0.4, 0.5) is 0 Å². The molecule has 0 radical (unpaired) electrons. The molecular weight excluding hydrogens is 224 g/mol. The van der Waals surface area contributed by atoms with Crippen molar-refractivity contribution in [2.24, 2.45) is 5.92 Å². The lowest BCUT2D eigenvalue weighted by molar-refractivity contribution is 0.126. The first-order chi connectivity index (χ1) is 8.38. The lowest BCUT2D eigenvalue weighted by Crippen LogP contribution is -2.51. The largest absolute Gasteiger partial charge is 0.394 e. The number of likely N-dealkylation sites (tertiary alicyclic amines) is 1. The molecular formula is C15H32N2O. The van der Waals surface area contributed by atoms with E-state index in [4.69, 9.17) is 0 Å². The predicted molar refractivity (Wildman–Crippen MR) is 77.8 cm³/mol. The highest BCUT2D eigenvalue weighted by molar-refractivity contribution is 4.88. The zero-order chi connectivity index (χ0) is 13.8. The van der Waals surface area contributed by atoms with Crippen molar-refractivity contribution in [2.45, 2.75) is 71.5 Å². The first-order valence-corrected chi connectivity index (χ1v) is 7.50. The summed E-state index contributed by atoms with van der Waals surface area (Å²) < 4.78 is 0. The maximum Gasteiger partial charge on any atom is 0.0611 e. The topological polar surface area (TPSA) is 35.5 Å². The van der Waals surface area contributed by atoms with Gasteiger partial charge < -0.3 is 15.3 Å². The molecule has 0 aromatic heterocycles. The molecule has 0 aromatic rings. The molecule has 0 amide bonds. The third kappa shape index (κ3) is 4.52. The zero-order valence-electron chi connectivity index (χ0n) is 12.9. The Morgan fingerprint density at radius 2 is 2.00 bits per heavy atom. The molecule has 0 aliphatic carbocycles. The minimum Gasteiger partial charge on any atom is -0.394 e. The van der Waals surface area contributed by atoms with Crippen LogP contribution < -0.4 is 5.32 Å². The van der Waals surface area contributed by atoms with E-state index in [2.05, 4.69) is 44.8 Å². The van der Waals surface area contributed by atoms with E-state index in [0.717, 1.165) is 24.9 Å². The summed E-state index contributed by atoms with van der Waals surface area (Å²) in [5.74, 6) is 0.742. The third-order valence-electron chi connectivity index (χ3n) is 4.12. The molecule has 1 rings (SSSR count). The highest BCUT2D eigenvalue weighted by atomic mass is 16.3. The SMILES string of the molecule is CC(C)NC(C)(CO)CCN1CCCC1C(C)C. The van der Waals surface area contributed by atoms with Gasteiger partial charge in [0.2, 0.25) is 0 Å². The molecule has 2 unspecified atom stereocenters. The molecule has 0 aromatic carbocycles. The molecule has 3 nitrogen and oxygen atoms in total. The Morgan fingerprint density at radius 1 is 1.33 bits per heavy atom. The quantitative estimate of drug-likeness (QED) is 0.733. The van der Waals surface area contributed by atoms with E-state index in [1.54, 1.807) is 0 Å². The number of nitrogens with zero attached hydrogens (tertiary/aromatic N) is 1. The van der Waals surface area contributed by atoms with Gasteiger partial charge in [0.1, 0.15) is 0 Å². The summed E-state index contributed by atoms with van der Waals surface area (Å²) in [5, 5.41) is 13.1. The monoisotopic (exact) mass is 256 g/mol. The van der Waals surface area contributed by atoms with Crippen molar-refractivity contribution < 1.29 is 5.11 Å². The summed E-state index contributed by atoms with van der Waals surface area (Å²) in [6, 6.07) is 1.16. The zero-order valence-corrected chi connectivity index (χ0v) is 12.9. The Hall–Kier alpha value is -0.120. The van der Waals surface area contributed by atoms with Gasteiger partial charge in [-0.05, 0) is 38.6 Å². The van der Waals surface area contributed by atoms with Crippen LogP contribution in [0.2, 0.25) is 0 Å². The maximum absolute atomic E-state index is 9.60. The van der Waals surface area contributed by atoms with Crippen molar-refractivity contribution in [3.05, 3.63) is 0 Å². The average molecular weight is 256 g/mol. The third-order valence-corrected chi connectivity index (χ3v) is 4.12. The maximum atomic E-state index is 9.60. The molecule has 1 aliphatic rings. The number of hydrogen-bond donors (Lipinski definition) is 2. The average Bonchev–Trinajstić information content (AvgIpc) is 2.74. The van der Waals surface area contributed by atoms with E-state index in [1.165, 1.54) is 19.4 Å². The van der Waals surface area contributed by atoms with Crippen LogP contribution >= 0.6 is 0 Å². The van der Waals surface area contributed by atoms with Crippen LogP contribution in [-0.4, -0.2) is 47.3 Å². The van der Waals surface area contributed by atoms with Crippen LogP contribution in [0.5, 0.6) is 0 Å². The van der Waals surface area contributed by atoms with Gasteiger partial charge in [-0.15, -0.1) is 0 Å². The second-order valence-electron chi connectivity index (χ2n) is 6.76. The highest BCUT2D eigenvalue weighted by Gasteiger charge is 2.30. The molecule has 1 aliphatic heterocycles. The Kier molecular flexibility index (Phi) is 6.09. The fourth-order valence-corrected chi connectivity index (χ4v) is 3.17. The molecule has 0 saturated carbocycles. The minimum atomic E-state index is -0.141. The molecule has 18 heavy (non-hydrogen) atoms. The lowest BCUT2D eigenvalue weighted by Gasteiger charge is -2.35. The van der Waals surface area contributed by atoms with Gasteiger partial charge in [0.15, 0.2) is 0 Å². The molecule has 108 valence electrons. The summed E-state index contributed by atoms with van der Waals surface area (Å²) >= 11 is 0. The van der Waals surface area contributed by atoms with Crippen molar-refractivity contribution in [1.82, 2.24) is 10.2 Å². The molecule has 1 saturated heterocycles. The van der Waals surface area contributed by atoms with Gasteiger partial charge in [-0.25, -0.2) is 0 Å². The summed E-state index contributed by atoms with van der Waals surface area (Å²) in [6.07, 6.45) is 3.69. The van der Waals surface area contributed by atoms with Gasteiger partial charge in [0.05, 0.1) is 6.61 Å². The molecule has 1 fully saturated rings. The standard InChI is InChI=1S/C15H32N2O/c1-12(2)14-7-6-9-17(14)10-8-15(5,11-18)16-13(3)4/h12-14,16,18H,6-11H2,1-5H3. The van der Waals surface area contributed by atoms with Crippen LogP contribution in [0.15, 0.2) is 0 Å². The van der Waals surface area contributed by atoms with Gasteiger partial charge in [-0.3, -0.25) is 0 Å². The van der Waals surface area contributed by atoms with Crippen LogP contribution in [0.3, 0.4) is 0 Å². The Bertz CT molecular complexity index is 243. The minimum absolute atomic E-state index is 0.141. The van der Waals surface area contributed by atoms with Gasteiger partial charge in [-0.1, -0.05) is 27.7 Å². The second-order valence-corrected chi connectivity index (χ2v) is 6.76. The van der Waals surface area contributed by atoms with Crippen molar-refractivity contribution in [2.75, 3.05) is 19.7 Å². The van der Waals surface area contributed by atoms with E-state index in [0.29, 0.717) is 6.04 Å². The number of rotatable bonds is 7. The van der Waals surface area contributed by atoms with Gasteiger partial charge >= 0.3 is 0 Å². The van der Waals surface area contributed by atoms with E-state index < -0.39 is 0 Å². The van der Waals surface area contributed by atoms with Crippen LogP contribution in [0.25, 0.3) is 0 Å². The van der Waals surface area contributed by atoms with Gasteiger partial charge in [-0.2, -0.15) is 0 Å². The summed E-state index contributed by atoms with van der Waals surface area (Å²) in [6.45, 7) is 13.6. The number of aliphatic hydroxyl groups excluding tert-OH is 1. The molecule has 0 bridgehead atoms. The van der Waals surface area contributed by atoms with Gasteiger partial charge in [0.25, 0.3) is 0 Å². The number of hydrogen-bond acceptors (Lipinski definition) is 3. The number of aliphatic hydroxyl groups is 1. The fraction of sp³-hybridized carbons (Fsp3) is 1.00. The second kappa shape index (κ2) is 6.88. The van der Waals surface area contributed by atoms with Crippen LogP contribution in [0.1, 0.15) is 53.9 Å². The van der Waals surface area contributed by atoms with E-state index in [-0.39, 0.29) is 12.1 Å². The number of nitrogens with one attached hydrogen (secondary N) is 1. The van der Waals surface area contributed by atoms with Crippen molar-refractivity contribution in [3.63, 3.8) is 0 Å². The lowest BCUT2D eigenvalue weighted by atomic mass is 9.96. The first kappa shape index (κ1) is 15.9. The Balaban J connectivity index is 2.47. The molecule has 2 atom stereocenters.